The monoisotopic (exact) mass is 785 g/mol. The Labute approximate surface area is 327 Å². The Kier molecular flexibility index (Phi) is 33.3. The molecule has 320 valence electrons. The predicted octanol–water partition coefficient (Wildman–Crippen LogP) is 15.7. The molecule has 0 aliphatic carbocycles. The minimum atomic E-state index is -3.55. The molecule has 0 unspecified atom stereocenters. The molecule has 0 rings (SSSR count). The van der Waals surface area contributed by atoms with Crippen LogP contribution in [0.5, 0.6) is 0 Å². The van der Waals surface area contributed by atoms with Gasteiger partial charge in [0, 0.05) is 0 Å². The first-order valence-electron chi connectivity index (χ1n) is 22.8. The SMILES string of the molecule is CCCCCCCCP(O)(CCCCCCCC)(OC(C)C)OC(C)C.CCCCCCCCP(O)(CCCCCCCC)(OC(C)C)OC(C)C. The van der Waals surface area contributed by atoms with Gasteiger partial charge in [-0.15, -0.1) is 0 Å². The fourth-order valence-corrected chi connectivity index (χ4v) is 16.0. The van der Waals surface area contributed by atoms with E-state index in [-0.39, 0.29) is 24.4 Å². The Morgan fingerprint density at radius 3 is 0.596 bits per heavy atom. The Hall–Kier alpha value is 0.620. The molecule has 0 aliphatic rings. The van der Waals surface area contributed by atoms with E-state index in [2.05, 4.69) is 27.7 Å². The van der Waals surface area contributed by atoms with Crippen LogP contribution in [0.25, 0.3) is 0 Å². The molecule has 0 aliphatic heterocycles. The van der Waals surface area contributed by atoms with Gasteiger partial charge in [0.25, 0.3) is 0 Å². The molecule has 52 heavy (non-hydrogen) atoms. The number of unbranched alkanes of at least 4 members (excludes halogenated alkanes) is 20. The van der Waals surface area contributed by atoms with Gasteiger partial charge in [-0.1, -0.05) is 0 Å². The van der Waals surface area contributed by atoms with Crippen LogP contribution in [0.3, 0.4) is 0 Å². The summed E-state index contributed by atoms with van der Waals surface area (Å²) < 4.78 is 25.0. The number of hydrogen-bond donors (Lipinski definition) is 2. The summed E-state index contributed by atoms with van der Waals surface area (Å²) in [6.07, 6.45) is 32.0. The summed E-state index contributed by atoms with van der Waals surface area (Å²) in [5, 5.41) is 0. The fourth-order valence-electron chi connectivity index (χ4n) is 7.42. The van der Waals surface area contributed by atoms with E-state index in [1.54, 1.807) is 0 Å². The average molecular weight is 785 g/mol. The molecule has 0 bridgehead atoms. The molecule has 0 saturated carbocycles. The van der Waals surface area contributed by atoms with E-state index >= 15 is 0 Å². The molecule has 2 N–H and O–H groups in total. The van der Waals surface area contributed by atoms with Crippen molar-refractivity contribution < 1.29 is 27.9 Å². The van der Waals surface area contributed by atoms with Crippen molar-refractivity contribution >= 4 is 14.6 Å². The Morgan fingerprint density at radius 2 is 0.442 bits per heavy atom. The van der Waals surface area contributed by atoms with Gasteiger partial charge in [-0.2, -0.15) is 0 Å². The van der Waals surface area contributed by atoms with E-state index < -0.39 is 14.6 Å². The summed E-state index contributed by atoms with van der Waals surface area (Å²) in [6.45, 7) is 25.1. The van der Waals surface area contributed by atoms with Gasteiger partial charge in [-0.25, -0.2) is 0 Å². The van der Waals surface area contributed by atoms with Gasteiger partial charge in [0.15, 0.2) is 0 Å². The van der Waals surface area contributed by atoms with Crippen LogP contribution in [0.2, 0.25) is 0 Å². The van der Waals surface area contributed by atoms with E-state index in [9.17, 15) is 9.79 Å². The summed E-state index contributed by atoms with van der Waals surface area (Å²) in [6, 6.07) is 0. The van der Waals surface area contributed by atoms with Crippen molar-refractivity contribution in [1.82, 2.24) is 0 Å². The molecule has 0 aromatic heterocycles. The Morgan fingerprint density at radius 1 is 0.288 bits per heavy atom. The second kappa shape index (κ2) is 31.7. The van der Waals surface area contributed by atoms with Crippen LogP contribution in [0.15, 0.2) is 0 Å². The molecule has 8 heteroatoms. The number of rotatable bonds is 36. The van der Waals surface area contributed by atoms with E-state index in [0.717, 1.165) is 51.4 Å². The summed E-state index contributed by atoms with van der Waals surface area (Å²) in [4.78, 5) is 23.6. The summed E-state index contributed by atoms with van der Waals surface area (Å²) in [5.74, 6) is 0. The second-order valence-corrected chi connectivity index (χ2v) is 24.8. The van der Waals surface area contributed by atoms with Gasteiger partial charge in [0.1, 0.15) is 0 Å². The molecule has 0 saturated heterocycles. The second-order valence-electron chi connectivity index (χ2n) is 17.1. The molecule has 0 atom stereocenters. The van der Waals surface area contributed by atoms with Crippen LogP contribution in [0, 0.1) is 0 Å². The molecule has 0 aromatic rings. The van der Waals surface area contributed by atoms with Crippen molar-refractivity contribution in [2.75, 3.05) is 24.6 Å². The van der Waals surface area contributed by atoms with Crippen LogP contribution in [-0.4, -0.2) is 58.9 Å². The summed E-state index contributed by atoms with van der Waals surface area (Å²) in [5.41, 5.74) is 0. The van der Waals surface area contributed by atoms with E-state index in [1.807, 2.05) is 55.4 Å². The molecular formula is C44H98O6P2. The molecule has 6 nitrogen and oxygen atoms in total. The molecule has 0 spiro atoms. The van der Waals surface area contributed by atoms with Crippen LogP contribution >= 0.6 is 14.6 Å². The third kappa shape index (κ3) is 29.8. The fraction of sp³-hybridized carbons (Fsp3) is 1.00. The quantitative estimate of drug-likeness (QED) is 0.0487. The Bertz CT molecular complexity index is 667. The average Bonchev–Trinajstić information content (AvgIpc) is 3.03. The van der Waals surface area contributed by atoms with Gasteiger partial charge in [0.2, 0.25) is 0 Å². The van der Waals surface area contributed by atoms with Crippen molar-refractivity contribution in [3.8, 4) is 0 Å². The molecule has 0 aromatic carbocycles. The van der Waals surface area contributed by atoms with Crippen molar-refractivity contribution in [3.63, 3.8) is 0 Å². The molecule has 0 radical (unpaired) electrons. The summed E-state index contributed by atoms with van der Waals surface area (Å²) in [7, 11) is -7.10. The molecule has 0 amide bonds. The maximum atomic E-state index is 11.8. The zero-order valence-corrected chi connectivity index (χ0v) is 39.3. The van der Waals surface area contributed by atoms with Crippen LogP contribution in [0.4, 0.5) is 0 Å². The maximum absolute atomic E-state index is 11.8. The van der Waals surface area contributed by atoms with Crippen molar-refractivity contribution in [1.29, 1.82) is 0 Å². The minimum absolute atomic E-state index is 0.00315. The zero-order chi connectivity index (χ0) is 39.8. The topological polar surface area (TPSA) is 77.4 Å². The summed E-state index contributed by atoms with van der Waals surface area (Å²) >= 11 is 0. The van der Waals surface area contributed by atoms with Gasteiger partial charge in [-0.05, 0) is 0 Å². The van der Waals surface area contributed by atoms with Crippen LogP contribution in [0.1, 0.15) is 237 Å². The predicted molar refractivity (Wildman–Crippen MR) is 236 cm³/mol. The normalized spacial score (nSPS) is 14.1. The van der Waals surface area contributed by atoms with Gasteiger partial charge in [0.05, 0.1) is 0 Å². The van der Waals surface area contributed by atoms with E-state index in [0.29, 0.717) is 24.6 Å². The standard InChI is InChI=1S/2C22H49O3P/c2*1-7-9-11-13-15-17-19-26(23,24-21(3)4,25-22(5)6)20-18-16-14-12-10-8-2/h2*21-23H,7-20H2,1-6H3. The first-order chi connectivity index (χ1) is 24.5. The first-order valence-corrected chi connectivity index (χ1v) is 27.6. The van der Waals surface area contributed by atoms with Gasteiger partial charge < -0.3 is 0 Å². The zero-order valence-electron chi connectivity index (χ0n) is 37.5. The van der Waals surface area contributed by atoms with Crippen LogP contribution in [-0.2, 0) is 18.1 Å². The molecule has 0 fully saturated rings. The molecular weight excluding hydrogens is 686 g/mol. The van der Waals surface area contributed by atoms with Crippen molar-refractivity contribution in [3.05, 3.63) is 0 Å². The Balaban J connectivity index is 0. The van der Waals surface area contributed by atoms with Crippen LogP contribution < -0.4 is 0 Å². The van der Waals surface area contributed by atoms with E-state index in [4.69, 9.17) is 18.1 Å². The van der Waals surface area contributed by atoms with Crippen molar-refractivity contribution in [2.24, 2.45) is 0 Å². The third-order valence-electron chi connectivity index (χ3n) is 9.61. The van der Waals surface area contributed by atoms with Gasteiger partial charge >= 0.3 is 329 Å². The molecule has 0 heterocycles. The van der Waals surface area contributed by atoms with Crippen molar-refractivity contribution in [2.45, 2.75) is 262 Å². The first kappa shape index (κ1) is 54.7. The number of hydrogen-bond acceptors (Lipinski definition) is 6. The van der Waals surface area contributed by atoms with Gasteiger partial charge in [-0.3, -0.25) is 0 Å². The third-order valence-corrected chi connectivity index (χ3v) is 18.0. The van der Waals surface area contributed by atoms with E-state index in [1.165, 1.54) is 103 Å².